The molecule has 8 heterocycles. The predicted octanol–water partition coefficient (Wildman–Crippen LogP) is 3.86. The number of nitrogens with zero attached hydrogens (tertiary/aromatic N) is 14. The van der Waals surface area contributed by atoms with Gasteiger partial charge in [0, 0.05) is 105 Å². The summed E-state index contributed by atoms with van der Waals surface area (Å²) in [6.07, 6.45) is 10.1. The lowest BCUT2D eigenvalue weighted by Crippen LogP contribution is -2.38. The quantitative estimate of drug-likeness (QED) is 0.116. The predicted molar refractivity (Wildman–Crippen MR) is 291 cm³/mol. The number of rotatable bonds is 19. The number of ether oxygens (including phenoxy) is 6. The molecular weight excluding hydrogens is 1000 g/mol. The normalized spacial score (nSPS) is 14.2. The Balaban J connectivity index is 0.935. The summed E-state index contributed by atoms with van der Waals surface area (Å²) >= 11 is 0. The highest BCUT2D eigenvalue weighted by atomic mass is 16.5. The SMILES string of the molecule is COc1cc(OCCn2cc(-c3nc(-c4cn(CCN5CCOCC5)nc4C)cnc3N)nc(-c3cc(OC)cc(OC)c3)c2=O)cc(-c2nc(-c3nc(-c4cnn(CCN5CCOCC5)c4C)cnc3N)cn(C)c2=O)c1. The van der Waals surface area contributed by atoms with E-state index in [-0.39, 0.29) is 47.6 Å². The van der Waals surface area contributed by atoms with Crippen LogP contribution < -0.4 is 41.5 Å². The minimum Gasteiger partial charge on any atom is -0.497 e. The molecule has 2 aliphatic rings. The Bertz CT molecular complexity index is 3560. The lowest BCUT2D eigenvalue weighted by atomic mass is 10.1. The third-order valence-electron chi connectivity index (χ3n) is 13.8. The molecule has 0 amide bonds. The number of anilines is 2. The molecule has 6 aromatic heterocycles. The Morgan fingerprint density at radius 1 is 0.564 bits per heavy atom. The first-order valence-electron chi connectivity index (χ1n) is 25.5. The molecule has 0 bridgehead atoms. The van der Waals surface area contributed by atoms with Crippen molar-refractivity contribution in [2.45, 2.75) is 33.5 Å². The van der Waals surface area contributed by atoms with Crippen LogP contribution in [0.25, 0.3) is 67.8 Å². The molecule has 0 aliphatic carbocycles. The number of aromatic nitrogens is 12. The second-order valence-electron chi connectivity index (χ2n) is 18.9. The molecule has 2 saturated heterocycles. The van der Waals surface area contributed by atoms with Gasteiger partial charge in [-0.3, -0.25) is 28.8 Å². The molecule has 2 aromatic carbocycles. The van der Waals surface area contributed by atoms with E-state index in [0.29, 0.717) is 83.2 Å². The van der Waals surface area contributed by atoms with E-state index in [1.165, 1.54) is 30.5 Å². The Hall–Kier alpha value is -8.58. The number of nitrogens with two attached hydrogens (primary N) is 2. The van der Waals surface area contributed by atoms with Gasteiger partial charge >= 0.3 is 0 Å². The molecule has 78 heavy (non-hydrogen) atoms. The monoisotopic (exact) mass is 1060 g/mol. The smallest absolute Gasteiger partial charge is 0.277 e. The van der Waals surface area contributed by atoms with E-state index in [2.05, 4.69) is 24.9 Å². The second kappa shape index (κ2) is 23.3. The molecule has 406 valence electrons. The summed E-state index contributed by atoms with van der Waals surface area (Å²) in [5.74, 6) is 1.87. The summed E-state index contributed by atoms with van der Waals surface area (Å²) < 4.78 is 41.0. The summed E-state index contributed by atoms with van der Waals surface area (Å²) in [6, 6.07) is 10.1. The van der Waals surface area contributed by atoms with Crippen molar-refractivity contribution < 1.29 is 28.4 Å². The number of nitrogen functional groups attached to an aromatic ring is 2. The van der Waals surface area contributed by atoms with Crippen LogP contribution in [-0.4, -0.2) is 162 Å². The maximum absolute atomic E-state index is 14.6. The molecule has 24 nitrogen and oxygen atoms in total. The molecule has 0 saturated carbocycles. The first-order valence-corrected chi connectivity index (χ1v) is 25.5. The van der Waals surface area contributed by atoms with Crippen LogP contribution in [-0.2, 0) is 36.2 Å². The molecule has 0 spiro atoms. The highest BCUT2D eigenvalue weighted by molar-refractivity contribution is 5.75. The minimum absolute atomic E-state index is 0.0194. The van der Waals surface area contributed by atoms with Gasteiger partial charge in [0.05, 0.1) is 103 Å². The van der Waals surface area contributed by atoms with Gasteiger partial charge in [-0.25, -0.2) is 29.9 Å². The fourth-order valence-electron chi connectivity index (χ4n) is 9.40. The second-order valence-corrected chi connectivity index (χ2v) is 18.9. The molecular formula is C54H62N16O8. The standard InChI is InChI=1S/C54H62N16O8/c1-33-42(30-69(64-33)9-7-66-11-16-76-17-12-66)44-29-58-52(56)50(61-44)46-32-68(54(72)48(63-46)35-21-37(73-4)25-38(22-35)74-5)15-20-78-40-24-36(23-39(26-40)75-6)47-53(71)65(3)31-45(62-47)49-51(55)57-28-43(60-49)41-27-59-70(34(41)2)10-8-67-13-18-77-19-14-67/h21-32H,7-20H2,1-6H3,(H2,55,57)(H2,56,58). The van der Waals surface area contributed by atoms with Crippen molar-refractivity contribution in [3.8, 4) is 90.8 Å². The van der Waals surface area contributed by atoms with Crippen molar-refractivity contribution in [3.05, 3.63) is 106 Å². The van der Waals surface area contributed by atoms with Gasteiger partial charge < -0.3 is 49.0 Å². The summed E-state index contributed by atoms with van der Waals surface area (Å²) in [5, 5.41) is 9.43. The molecule has 24 heteroatoms. The van der Waals surface area contributed by atoms with E-state index in [4.69, 9.17) is 64.9 Å². The maximum Gasteiger partial charge on any atom is 0.277 e. The van der Waals surface area contributed by atoms with Crippen LogP contribution in [0, 0.1) is 13.8 Å². The molecule has 0 unspecified atom stereocenters. The van der Waals surface area contributed by atoms with Crippen molar-refractivity contribution in [1.82, 2.24) is 68.4 Å². The molecule has 4 N–H and O–H groups in total. The van der Waals surface area contributed by atoms with Gasteiger partial charge in [0.25, 0.3) is 11.1 Å². The molecule has 2 aliphatic heterocycles. The number of morpholine rings is 2. The van der Waals surface area contributed by atoms with Crippen molar-refractivity contribution in [3.63, 3.8) is 0 Å². The van der Waals surface area contributed by atoms with Crippen LogP contribution in [0.15, 0.2) is 83.2 Å². The Kier molecular flexibility index (Phi) is 15.8. The average molecular weight is 1060 g/mol. The lowest BCUT2D eigenvalue weighted by molar-refractivity contribution is 0.0359. The zero-order valence-corrected chi connectivity index (χ0v) is 44.5. The van der Waals surface area contributed by atoms with Crippen molar-refractivity contribution >= 4 is 11.6 Å². The van der Waals surface area contributed by atoms with E-state index in [0.717, 1.165) is 75.0 Å². The summed E-state index contributed by atoms with van der Waals surface area (Å²) in [7, 11) is 6.19. The number of hydrogen-bond donors (Lipinski definition) is 2. The average Bonchev–Trinajstić information content (AvgIpc) is 4.15. The van der Waals surface area contributed by atoms with Gasteiger partial charge in [-0.15, -0.1) is 0 Å². The fourth-order valence-corrected chi connectivity index (χ4v) is 9.40. The zero-order chi connectivity index (χ0) is 54.5. The summed E-state index contributed by atoms with van der Waals surface area (Å²) in [6.45, 7) is 13.4. The first kappa shape index (κ1) is 52.8. The van der Waals surface area contributed by atoms with E-state index in [1.807, 2.05) is 29.4 Å². The van der Waals surface area contributed by atoms with Gasteiger partial charge in [0.15, 0.2) is 11.6 Å². The topological polar surface area (TPSA) is 271 Å². The molecule has 2 fully saturated rings. The van der Waals surface area contributed by atoms with Crippen molar-refractivity contribution in [2.24, 2.45) is 7.05 Å². The fraction of sp³-hybridized carbons (Fsp3) is 0.370. The van der Waals surface area contributed by atoms with Gasteiger partial charge in [-0.05, 0) is 38.1 Å². The number of methoxy groups -OCH3 is 3. The lowest BCUT2D eigenvalue weighted by Gasteiger charge is -2.26. The van der Waals surface area contributed by atoms with Gasteiger partial charge in [0.1, 0.15) is 63.8 Å². The molecule has 8 aromatic rings. The van der Waals surface area contributed by atoms with Crippen LogP contribution in [0.1, 0.15) is 11.4 Å². The highest BCUT2D eigenvalue weighted by Gasteiger charge is 2.23. The Morgan fingerprint density at radius 2 is 1.08 bits per heavy atom. The number of aryl methyl sites for hydroxylation is 2. The van der Waals surface area contributed by atoms with E-state index in [1.54, 1.807) is 74.4 Å². The first-order chi connectivity index (χ1) is 37.9. The largest absolute Gasteiger partial charge is 0.497 e. The molecule has 10 rings (SSSR count). The number of hydrogen-bond acceptors (Lipinski definition) is 20. The summed E-state index contributed by atoms with van der Waals surface area (Å²) in [4.78, 5) is 61.9. The van der Waals surface area contributed by atoms with E-state index in [9.17, 15) is 9.59 Å². The maximum atomic E-state index is 14.6. The minimum atomic E-state index is -0.437. The van der Waals surface area contributed by atoms with Gasteiger partial charge in [-0.1, -0.05) is 0 Å². The van der Waals surface area contributed by atoms with Crippen LogP contribution >= 0.6 is 0 Å². The summed E-state index contributed by atoms with van der Waals surface area (Å²) in [5.41, 5.74) is 18.7. The zero-order valence-electron chi connectivity index (χ0n) is 44.5. The van der Waals surface area contributed by atoms with Gasteiger partial charge in [-0.2, -0.15) is 10.2 Å². The van der Waals surface area contributed by atoms with Crippen LogP contribution in [0.5, 0.6) is 23.0 Å². The Labute approximate surface area is 449 Å². The van der Waals surface area contributed by atoms with E-state index < -0.39 is 11.1 Å². The van der Waals surface area contributed by atoms with Crippen molar-refractivity contribution in [2.75, 3.05) is 105 Å². The van der Waals surface area contributed by atoms with Crippen molar-refractivity contribution in [1.29, 1.82) is 0 Å². The van der Waals surface area contributed by atoms with E-state index >= 15 is 0 Å². The highest BCUT2D eigenvalue weighted by Crippen LogP contribution is 2.33. The van der Waals surface area contributed by atoms with Crippen LogP contribution in [0.2, 0.25) is 0 Å². The molecule has 0 radical (unpaired) electrons. The molecule has 0 atom stereocenters. The number of benzene rings is 2. The Morgan fingerprint density at radius 3 is 1.67 bits per heavy atom. The van der Waals surface area contributed by atoms with Crippen LogP contribution in [0.3, 0.4) is 0 Å². The third kappa shape index (κ3) is 11.6. The third-order valence-corrected chi connectivity index (χ3v) is 13.8. The van der Waals surface area contributed by atoms with Crippen LogP contribution in [0.4, 0.5) is 11.6 Å². The van der Waals surface area contributed by atoms with Gasteiger partial charge in [0.2, 0.25) is 0 Å².